The lowest BCUT2D eigenvalue weighted by Crippen LogP contribution is -2.37. The van der Waals surface area contributed by atoms with Crippen LogP contribution in [-0.4, -0.2) is 46.6 Å². The van der Waals surface area contributed by atoms with E-state index in [4.69, 9.17) is 18.9 Å². The molecule has 1 aromatic rings. The van der Waals surface area contributed by atoms with Crippen LogP contribution in [-0.2, 0) is 14.2 Å². The largest absolute Gasteiger partial charge is 0.496 e. The highest BCUT2D eigenvalue weighted by molar-refractivity contribution is 5.60. The first kappa shape index (κ1) is 12.7. The minimum absolute atomic E-state index is 0.325. The van der Waals surface area contributed by atoms with Crippen LogP contribution in [0.3, 0.4) is 0 Å². The van der Waals surface area contributed by atoms with Crippen LogP contribution >= 0.6 is 0 Å². The third-order valence-electron chi connectivity index (χ3n) is 3.47. The first-order chi connectivity index (χ1) is 9.40. The Morgan fingerprint density at radius 2 is 1.84 bits per heavy atom. The molecule has 0 aromatic heterocycles. The normalized spacial score (nSPS) is 20.8. The van der Waals surface area contributed by atoms with Crippen LogP contribution < -0.4 is 9.64 Å². The van der Waals surface area contributed by atoms with Gasteiger partial charge in [-0.1, -0.05) is 6.07 Å². The maximum absolute atomic E-state index is 5.65. The van der Waals surface area contributed by atoms with Crippen LogP contribution in [0.25, 0.3) is 0 Å². The molecule has 1 aromatic carbocycles. The summed E-state index contributed by atoms with van der Waals surface area (Å²) in [6.45, 7) is 4.53. The van der Waals surface area contributed by atoms with E-state index >= 15 is 0 Å². The number of benzene rings is 1. The van der Waals surface area contributed by atoms with Crippen molar-refractivity contribution >= 4 is 5.69 Å². The summed E-state index contributed by atoms with van der Waals surface area (Å²) >= 11 is 0. The summed E-state index contributed by atoms with van der Waals surface area (Å²) in [4.78, 5) is 2.30. The van der Waals surface area contributed by atoms with Gasteiger partial charge in [0.05, 0.1) is 39.1 Å². The Hall–Kier alpha value is -1.30. The summed E-state index contributed by atoms with van der Waals surface area (Å²) in [5.74, 6) is 0.816. The summed E-state index contributed by atoms with van der Waals surface area (Å²) in [5.41, 5.74) is 2.11. The van der Waals surface area contributed by atoms with E-state index in [1.54, 1.807) is 7.11 Å². The third-order valence-corrected chi connectivity index (χ3v) is 3.47. The van der Waals surface area contributed by atoms with Crippen molar-refractivity contribution in [2.24, 2.45) is 0 Å². The Bertz CT molecular complexity index is 425. The molecule has 5 nitrogen and oxygen atoms in total. The minimum Gasteiger partial charge on any atom is -0.496 e. The van der Waals surface area contributed by atoms with Crippen molar-refractivity contribution in [3.63, 3.8) is 0 Å². The Morgan fingerprint density at radius 3 is 2.53 bits per heavy atom. The molecule has 0 atom stereocenters. The maximum Gasteiger partial charge on any atom is 0.189 e. The Balaban J connectivity index is 1.96. The molecule has 104 valence electrons. The standard InChI is InChI=1S/C14H19NO4/c1-16-12-4-2-3-11(15-5-7-17-8-6-15)13(12)14-18-9-10-19-14/h2-4,14H,5-10H2,1H3. The van der Waals surface area contributed by atoms with Gasteiger partial charge in [-0.25, -0.2) is 0 Å². The van der Waals surface area contributed by atoms with Gasteiger partial charge in [-0.15, -0.1) is 0 Å². The van der Waals surface area contributed by atoms with E-state index in [2.05, 4.69) is 11.0 Å². The van der Waals surface area contributed by atoms with Crippen molar-refractivity contribution in [3.05, 3.63) is 23.8 Å². The Labute approximate surface area is 113 Å². The van der Waals surface area contributed by atoms with E-state index in [1.165, 1.54) is 0 Å². The number of hydrogen-bond acceptors (Lipinski definition) is 5. The fourth-order valence-electron chi connectivity index (χ4n) is 2.55. The van der Waals surface area contributed by atoms with Crippen LogP contribution in [0.2, 0.25) is 0 Å². The van der Waals surface area contributed by atoms with Gasteiger partial charge in [0.25, 0.3) is 0 Å². The predicted octanol–water partition coefficient (Wildman–Crippen LogP) is 1.58. The molecular formula is C14H19NO4. The van der Waals surface area contributed by atoms with Crippen LogP contribution in [0.5, 0.6) is 5.75 Å². The monoisotopic (exact) mass is 265 g/mol. The average Bonchev–Trinajstić information content (AvgIpc) is 3.01. The molecular weight excluding hydrogens is 246 g/mol. The molecule has 2 fully saturated rings. The van der Waals surface area contributed by atoms with E-state index in [-0.39, 0.29) is 6.29 Å². The van der Waals surface area contributed by atoms with Gasteiger partial charge in [0, 0.05) is 18.8 Å². The van der Waals surface area contributed by atoms with Gasteiger partial charge in [-0.05, 0) is 12.1 Å². The highest BCUT2D eigenvalue weighted by atomic mass is 16.7. The molecule has 2 saturated heterocycles. The number of ether oxygens (including phenoxy) is 4. The SMILES string of the molecule is COc1cccc(N2CCOCC2)c1C1OCCO1. The molecule has 2 aliphatic heterocycles. The first-order valence-electron chi connectivity index (χ1n) is 6.63. The summed E-state index contributed by atoms with van der Waals surface area (Å²) in [7, 11) is 1.68. The lowest BCUT2D eigenvalue weighted by molar-refractivity contribution is -0.0452. The number of nitrogens with zero attached hydrogens (tertiary/aromatic N) is 1. The third kappa shape index (κ3) is 2.54. The molecule has 19 heavy (non-hydrogen) atoms. The molecule has 0 aliphatic carbocycles. The van der Waals surface area contributed by atoms with Crippen LogP contribution in [0.4, 0.5) is 5.69 Å². The van der Waals surface area contributed by atoms with Gasteiger partial charge >= 0.3 is 0 Å². The van der Waals surface area contributed by atoms with Crippen molar-refractivity contribution in [2.75, 3.05) is 51.5 Å². The smallest absolute Gasteiger partial charge is 0.189 e. The molecule has 0 N–H and O–H groups in total. The second-order valence-electron chi connectivity index (χ2n) is 4.57. The van der Waals surface area contributed by atoms with Crippen molar-refractivity contribution in [2.45, 2.75) is 6.29 Å². The molecule has 0 radical (unpaired) electrons. The van der Waals surface area contributed by atoms with E-state index < -0.39 is 0 Å². The second-order valence-corrected chi connectivity index (χ2v) is 4.57. The zero-order chi connectivity index (χ0) is 13.1. The van der Waals surface area contributed by atoms with Gasteiger partial charge in [0.1, 0.15) is 5.75 Å². The highest BCUT2D eigenvalue weighted by Gasteiger charge is 2.27. The summed E-state index contributed by atoms with van der Waals surface area (Å²) in [5, 5.41) is 0. The van der Waals surface area contributed by atoms with Gasteiger partial charge < -0.3 is 23.8 Å². The minimum atomic E-state index is -0.325. The van der Waals surface area contributed by atoms with Crippen molar-refractivity contribution in [1.29, 1.82) is 0 Å². The fraction of sp³-hybridized carbons (Fsp3) is 0.571. The van der Waals surface area contributed by atoms with E-state index in [9.17, 15) is 0 Å². The molecule has 0 unspecified atom stereocenters. The molecule has 0 saturated carbocycles. The van der Waals surface area contributed by atoms with E-state index in [0.29, 0.717) is 13.2 Å². The number of anilines is 1. The van der Waals surface area contributed by atoms with E-state index in [0.717, 1.165) is 43.3 Å². The quantitative estimate of drug-likeness (QED) is 0.830. The molecule has 0 bridgehead atoms. The number of methoxy groups -OCH3 is 1. The second kappa shape index (κ2) is 5.77. The van der Waals surface area contributed by atoms with Crippen LogP contribution in [0.15, 0.2) is 18.2 Å². The van der Waals surface area contributed by atoms with Crippen molar-refractivity contribution in [3.8, 4) is 5.75 Å². The van der Waals surface area contributed by atoms with Gasteiger partial charge in [0.15, 0.2) is 6.29 Å². The Kier molecular flexibility index (Phi) is 3.87. The summed E-state index contributed by atoms with van der Waals surface area (Å²) in [6.07, 6.45) is -0.325. The predicted molar refractivity (Wildman–Crippen MR) is 70.7 cm³/mol. The first-order valence-corrected chi connectivity index (χ1v) is 6.63. The van der Waals surface area contributed by atoms with Crippen molar-refractivity contribution < 1.29 is 18.9 Å². The lowest BCUT2D eigenvalue weighted by atomic mass is 10.1. The number of hydrogen-bond donors (Lipinski definition) is 0. The van der Waals surface area contributed by atoms with Crippen molar-refractivity contribution in [1.82, 2.24) is 0 Å². The molecule has 2 aliphatic rings. The maximum atomic E-state index is 5.65. The molecule has 2 heterocycles. The molecule has 0 spiro atoms. The van der Waals surface area contributed by atoms with E-state index in [1.807, 2.05) is 12.1 Å². The zero-order valence-electron chi connectivity index (χ0n) is 11.1. The summed E-state index contributed by atoms with van der Waals surface area (Å²) < 4.78 is 22.2. The zero-order valence-corrected chi connectivity index (χ0v) is 11.1. The average molecular weight is 265 g/mol. The van der Waals surface area contributed by atoms with Gasteiger partial charge in [0.2, 0.25) is 0 Å². The molecule has 3 rings (SSSR count). The number of rotatable bonds is 3. The molecule has 0 amide bonds. The highest BCUT2D eigenvalue weighted by Crippen LogP contribution is 2.38. The lowest BCUT2D eigenvalue weighted by Gasteiger charge is -2.32. The van der Waals surface area contributed by atoms with Crippen LogP contribution in [0, 0.1) is 0 Å². The molecule has 5 heteroatoms. The van der Waals surface area contributed by atoms with Crippen LogP contribution in [0.1, 0.15) is 11.9 Å². The number of morpholine rings is 1. The summed E-state index contributed by atoms with van der Waals surface area (Å²) in [6, 6.07) is 6.04. The van der Waals surface area contributed by atoms with Gasteiger partial charge in [-0.2, -0.15) is 0 Å². The van der Waals surface area contributed by atoms with Gasteiger partial charge in [-0.3, -0.25) is 0 Å². The fourth-order valence-corrected chi connectivity index (χ4v) is 2.55. The Morgan fingerprint density at radius 1 is 1.11 bits per heavy atom. The topological polar surface area (TPSA) is 40.2 Å².